The van der Waals surface area contributed by atoms with Crippen molar-refractivity contribution in [3.63, 3.8) is 0 Å². The highest BCUT2D eigenvalue weighted by Crippen LogP contribution is 2.36. The summed E-state index contributed by atoms with van der Waals surface area (Å²) < 4.78 is 7.43. The molecule has 1 aromatic heterocycles. The Morgan fingerprint density at radius 1 is 1.32 bits per heavy atom. The van der Waals surface area contributed by atoms with Gasteiger partial charge in [0.25, 0.3) is 0 Å². The average Bonchev–Trinajstić information content (AvgIpc) is 3.23. The first-order valence-corrected chi connectivity index (χ1v) is 9.41. The van der Waals surface area contributed by atoms with Gasteiger partial charge in [0.1, 0.15) is 17.8 Å². The molecule has 2 aliphatic rings. The van der Waals surface area contributed by atoms with E-state index in [0.29, 0.717) is 12.0 Å². The first kappa shape index (κ1) is 18.2. The highest BCUT2D eigenvalue weighted by Gasteiger charge is 2.41. The lowest BCUT2D eigenvalue weighted by atomic mass is 9.92. The van der Waals surface area contributed by atoms with Gasteiger partial charge in [0.2, 0.25) is 0 Å². The Balaban J connectivity index is 1.62. The zero-order chi connectivity index (χ0) is 18.0. The van der Waals surface area contributed by atoms with Crippen molar-refractivity contribution >= 4 is 6.09 Å². The molecule has 2 fully saturated rings. The molecule has 2 heterocycles. The second kappa shape index (κ2) is 7.32. The molecular weight excluding hydrogens is 318 g/mol. The predicted octanol–water partition coefficient (Wildman–Crippen LogP) is 2.47. The molecule has 1 saturated carbocycles. The van der Waals surface area contributed by atoms with Crippen molar-refractivity contribution in [2.24, 2.45) is 13.0 Å². The number of aryl methyl sites for hydroxylation is 1. The number of carbonyl (C=O) groups excluding carboxylic acids is 1. The van der Waals surface area contributed by atoms with Crippen molar-refractivity contribution in [2.45, 2.75) is 77.1 Å². The van der Waals surface area contributed by atoms with Gasteiger partial charge in [0, 0.05) is 25.7 Å². The van der Waals surface area contributed by atoms with Crippen LogP contribution in [0.1, 0.15) is 58.7 Å². The Kier molecular flexibility index (Phi) is 5.32. The van der Waals surface area contributed by atoms with E-state index in [9.17, 15) is 4.79 Å². The number of ether oxygens (including phenoxy) is 1. The van der Waals surface area contributed by atoms with Crippen LogP contribution in [0.4, 0.5) is 4.79 Å². The molecule has 0 radical (unpaired) electrons. The van der Waals surface area contributed by atoms with E-state index in [4.69, 9.17) is 4.74 Å². The Bertz CT molecular complexity index is 595. The lowest BCUT2D eigenvalue weighted by molar-refractivity contribution is 0.0166. The van der Waals surface area contributed by atoms with Crippen molar-refractivity contribution in [2.75, 3.05) is 6.54 Å². The highest BCUT2D eigenvalue weighted by atomic mass is 16.6. The van der Waals surface area contributed by atoms with Crippen LogP contribution in [0.2, 0.25) is 0 Å². The van der Waals surface area contributed by atoms with E-state index in [-0.39, 0.29) is 12.1 Å². The summed E-state index contributed by atoms with van der Waals surface area (Å²) in [7, 11) is 1.91. The van der Waals surface area contributed by atoms with Crippen molar-refractivity contribution in [3.8, 4) is 0 Å². The summed E-state index contributed by atoms with van der Waals surface area (Å²) in [6, 6.07) is 0.707. The molecule has 1 N–H and O–H groups in total. The molecule has 1 aromatic rings. The van der Waals surface area contributed by atoms with E-state index in [0.717, 1.165) is 38.2 Å². The number of hydrogen-bond donors (Lipinski definition) is 1. The van der Waals surface area contributed by atoms with Gasteiger partial charge in [0.15, 0.2) is 0 Å². The molecule has 3 atom stereocenters. The summed E-state index contributed by atoms with van der Waals surface area (Å²) in [5.74, 6) is 1.43. The fourth-order valence-electron chi connectivity index (χ4n) is 4.19. The van der Waals surface area contributed by atoms with Crippen LogP contribution >= 0.6 is 0 Å². The molecule has 140 valence electrons. The summed E-state index contributed by atoms with van der Waals surface area (Å²) in [5.41, 5.74) is -0.442. The minimum absolute atomic E-state index is 0.158. The third-order valence-corrected chi connectivity index (χ3v) is 5.32. The number of likely N-dealkylation sites (tertiary alicyclic amines) is 1. The van der Waals surface area contributed by atoms with Gasteiger partial charge in [-0.2, -0.15) is 5.10 Å². The van der Waals surface area contributed by atoms with Crippen LogP contribution in [0.5, 0.6) is 0 Å². The number of nitrogens with zero attached hydrogens (tertiary/aromatic N) is 4. The minimum Gasteiger partial charge on any atom is -0.444 e. The van der Waals surface area contributed by atoms with Gasteiger partial charge in [-0.25, -0.2) is 9.78 Å². The van der Waals surface area contributed by atoms with Gasteiger partial charge in [0.05, 0.1) is 6.54 Å². The van der Waals surface area contributed by atoms with Crippen LogP contribution in [0.25, 0.3) is 0 Å². The maximum Gasteiger partial charge on any atom is 0.410 e. The average molecular weight is 349 g/mol. The van der Waals surface area contributed by atoms with Crippen LogP contribution in [-0.2, 0) is 18.3 Å². The number of aromatic nitrogens is 3. The SMILES string of the molecule is Cn1ncnc1CNC1CCCC1C1CCCN1C(=O)OC(C)(C)C. The van der Waals surface area contributed by atoms with Gasteiger partial charge in [-0.1, -0.05) is 6.42 Å². The number of nitrogens with one attached hydrogen (secondary N) is 1. The molecule has 25 heavy (non-hydrogen) atoms. The van der Waals surface area contributed by atoms with Crippen LogP contribution in [0.3, 0.4) is 0 Å². The predicted molar refractivity (Wildman–Crippen MR) is 94.9 cm³/mol. The molecule has 0 bridgehead atoms. The smallest absolute Gasteiger partial charge is 0.410 e. The summed E-state index contributed by atoms with van der Waals surface area (Å²) in [4.78, 5) is 18.8. The Labute approximate surface area is 150 Å². The van der Waals surface area contributed by atoms with Gasteiger partial charge in [-0.3, -0.25) is 4.68 Å². The van der Waals surface area contributed by atoms with E-state index in [1.54, 1.807) is 11.0 Å². The zero-order valence-corrected chi connectivity index (χ0v) is 15.9. The molecule has 1 aliphatic carbocycles. The molecule has 3 unspecified atom stereocenters. The van der Waals surface area contributed by atoms with E-state index in [1.165, 1.54) is 12.8 Å². The summed E-state index contributed by atoms with van der Waals surface area (Å²) in [6.07, 6.45) is 7.10. The third kappa shape index (κ3) is 4.32. The molecule has 1 amide bonds. The van der Waals surface area contributed by atoms with Gasteiger partial charge in [-0.05, 0) is 52.4 Å². The number of rotatable bonds is 4. The summed E-state index contributed by atoms with van der Waals surface area (Å²) >= 11 is 0. The van der Waals surface area contributed by atoms with Crippen molar-refractivity contribution in [3.05, 3.63) is 12.2 Å². The Hall–Kier alpha value is -1.63. The van der Waals surface area contributed by atoms with Gasteiger partial charge >= 0.3 is 6.09 Å². The fourth-order valence-corrected chi connectivity index (χ4v) is 4.19. The number of hydrogen-bond acceptors (Lipinski definition) is 5. The van der Waals surface area contributed by atoms with E-state index >= 15 is 0 Å². The molecule has 1 saturated heterocycles. The van der Waals surface area contributed by atoms with E-state index in [2.05, 4.69) is 15.4 Å². The van der Waals surface area contributed by atoms with E-state index in [1.807, 2.05) is 32.7 Å². The Morgan fingerprint density at radius 3 is 2.80 bits per heavy atom. The molecule has 7 nitrogen and oxygen atoms in total. The molecule has 0 aromatic carbocycles. The standard InChI is InChI=1S/C18H31N5O2/c1-18(2,3)25-17(24)23-10-6-9-15(23)13-7-5-8-14(13)19-11-16-20-12-21-22(16)4/h12-15,19H,5-11H2,1-4H3. The van der Waals surface area contributed by atoms with Crippen LogP contribution in [0.15, 0.2) is 6.33 Å². The molecule has 0 spiro atoms. The number of amides is 1. The maximum absolute atomic E-state index is 12.6. The third-order valence-electron chi connectivity index (χ3n) is 5.32. The normalized spacial score (nSPS) is 27.0. The highest BCUT2D eigenvalue weighted by molar-refractivity contribution is 5.69. The van der Waals surface area contributed by atoms with Crippen molar-refractivity contribution in [1.82, 2.24) is 25.0 Å². The van der Waals surface area contributed by atoms with Crippen molar-refractivity contribution in [1.29, 1.82) is 0 Å². The molecule has 7 heteroatoms. The van der Waals surface area contributed by atoms with Gasteiger partial charge < -0.3 is 15.0 Å². The quantitative estimate of drug-likeness (QED) is 0.904. The molecule has 1 aliphatic heterocycles. The topological polar surface area (TPSA) is 72.3 Å². The lowest BCUT2D eigenvalue weighted by Crippen LogP contribution is -2.47. The minimum atomic E-state index is -0.442. The maximum atomic E-state index is 12.6. The van der Waals surface area contributed by atoms with Crippen LogP contribution in [0, 0.1) is 5.92 Å². The Morgan fingerprint density at radius 2 is 2.12 bits per heavy atom. The second-order valence-corrected chi connectivity index (χ2v) is 8.27. The monoisotopic (exact) mass is 349 g/mol. The van der Waals surface area contributed by atoms with E-state index < -0.39 is 5.60 Å². The largest absolute Gasteiger partial charge is 0.444 e. The van der Waals surface area contributed by atoms with Crippen molar-refractivity contribution < 1.29 is 9.53 Å². The first-order valence-electron chi connectivity index (χ1n) is 9.41. The zero-order valence-electron chi connectivity index (χ0n) is 15.9. The lowest BCUT2D eigenvalue weighted by Gasteiger charge is -2.34. The molecule has 3 rings (SSSR count). The van der Waals surface area contributed by atoms with Crippen LogP contribution in [-0.4, -0.2) is 50.0 Å². The summed E-state index contributed by atoms with van der Waals surface area (Å²) in [6.45, 7) is 7.31. The van der Waals surface area contributed by atoms with Crippen LogP contribution < -0.4 is 5.32 Å². The second-order valence-electron chi connectivity index (χ2n) is 8.27. The molecular formula is C18H31N5O2. The van der Waals surface area contributed by atoms with Gasteiger partial charge in [-0.15, -0.1) is 0 Å². The fraction of sp³-hybridized carbons (Fsp3) is 0.833. The number of carbonyl (C=O) groups is 1. The first-order chi connectivity index (χ1) is 11.8. The summed E-state index contributed by atoms with van der Waals surface area (Å²) in [5, 5.41) is 7.78.